The van der Waals surface area contributed by atoms with Crippen molar-refractivity contribution >= 4 is 11.7 Å². The van der Waals surface area contributed by atoms with Gasteiger partial charge in [-0.3, -0.25) is 0 Å². The molecule has 0 spiro atoms. The van der Waals surface area contributed by atoms with Gasteiger partial charge in [-0.2, -0.15) is 0 Å². The zero-order valence-corrected chi connectivity index (χ0v) is 11.1. The molecule has 0 aliphatic heterocycles. The maximum absolute atomic E-state index is 11.5. The molecule has 3 heteroatoms. The molecule has 0 saturated heterocycles. The number of para-hydroxylation sites is 1. The number of unbranched alkanes of at least 4 members (excludes halogenated alkanes) is 1. The van der Waals surface area contributed by atoms with E-state index in [0.717, 1.165) is 30.6 Å². The quantitative estimate of drug-likeness (QED) is 0.589. The first-order valence-electron chi connectivity index (χ1n) is 6.45. The second-order valence-corrected chi connectivity index (χ2v) is 4.02. The highest BCUT2D eigenvalue weighted by Gasteiger charge is 2.03. The lowest BCUT2D eigenvalue weighted by Gasteiger charge is -2.10. The molecule has 0 aliphatic carbocycles. The Bertz CT molecular complexity index is 385. The molecule has 0 aromatic heterocycles. The van der Waals surface area contributed by atoms with Gasteiger partial charge in [0, 0.05) is 17.5 Å². The number of rotatable bonds is 7. The first-order chi connectivity index (χ1) is 8.76. The number of carbonyl (C=O) groups excluding carboxylic acids is 1. The van der Waals surface area contributed by atoms with Crippen LogP contribution in [0.2, 0.25) is 0 Å². The molecule has 18 heavy (non-hydrogen) atoms. The van der Waals surface area contributed by atoms with Crippen molar-refractivity contribution in [2.75, 3.05) is 11.9 Å². The summed E-state index contributed by atoms with van der Waals surface area (Å²) in [4.78, 5) is 11.5. The van der Waals surface area contributed by atoms with Gasteiger partial charge in [-0.25, -0.2) is 4.79 Å². The molecule has 0 atom stereocenters. The van der Waals surface area contributed by atoms with E-state index in [-0.39, 0.29) is 5.97 Å². The number of allylic oxidation sites excluding steroid dienone is 1. The molecule has 1 N–H and O–H groups in total. The third kappa shape index (κ3) is 5.53. The third-order valence-corrected chi connectivity index (χ3v) is 2.46. The van der Waals surface area contributed by atoms with Crippen molar-refractivity contribution in [2.24, 2.45) is 0 Å². The Morgan fingerprint density at radius 2 is 2.00 bits per heavy atom. The molecule has 0 fully saturated rings. The molecule has 0 saturated carbocycles. The Kier molecular flexibility index (Phi) is 6.62. The van der Waals surface area contributed by atoms with Crippen LogP contribution < -0.4 is 5.32 Å². The van der Waals surface area contributed by atoms with E-state index in [2.05, 4.69) is 12.2 Å². The van der Waals surface area contributed by atoms with Crippen LogP contribution in [0.25, 0.3) is 0 Å². The highest BCUT2D eigenvalue weighted by atomic mass is 16.5. The average Bonchev–Trinajstić information content (AvgIpc) is 2.37. The molecule has 1 aromatic rings. The van der Waals surface area contributed by atoms with Crippen molar-refractivity contribution < 1.29 is 9.53 Å². The van der Waals surface area contributed by atoms with Gasteiger partial charge in [-0.05, 0) is 31.9 Å². The van der Waals surface area contributed by atoms with E-state index >= 15 is 0 Å². The van der Waals surface area contributed by atoms with E-state index in [1.54, 1.807) is 6.08 Å². The summed E-state index contributed by atoms with van der Waals surface area (Å²) in [6.07, 6.45) is 4.54. The topological polar surface area (TPSA) is 38.3 Å². The molecule has 0 unspecified atom stereocenters. The third-order valence-electron chi connectivity index (χ3n) is 2.46. The van der Waals surface area contributed by atoms with Gasteiger partial charge in [0.25, 0.3) is 0 Å². The van der Waals surface area contributed by atoms with Gasteiger partial charge in [0.2, 0.25) is 0 Å². The first-order valence-corrected chi connectivity index (χ1v) is 6.45. The van der Waals surface area contributed by atoms with Gasteiger partial charge in [0.05, 0.1) is 6.61 Å². The summed E-state index contributed by atoms with van der Waals surface area (Å²) < 4.78 is 4.93. The van der Waals surface area contributed by atoms with Crippen molar-refractivity contribution in [3.63, 3.8) is 0 Å². The largest absolute Gasteiger partial charge is 0.463 e. The Hall–Kier alpha value is -1.77. The molecule has 3 nitrogen and oxygen atoms in total. The molecular weight excluding hydrogens is 226 g/mol. The zero-order valence-electron chi connectivity index (χ0n) is 11.1. The summed E-state index contributed by atoms with van der Waals surface area (Å²) in [5.74, 6) is -0.285. The highest BCUT2D eigenvalue weighted by molar-refractivity contribution is 5.83. The van der Waals surface area contributed by atoms with Crippen LogP contribution in [-0.2, 0) is 9.53 Å². The highest BCUT2D eigenvalue weighted by Crippen LogP contribution is 2.13. The second kappa shape index (κ2) is 8.34. The Labute approximate surface area is 109 Å². The maximum Gasteiger partial charge on any atom is 0.332 e. The van der Waals surface area contributed by atoms with Crippen LogP contribution in [0.4, 0.5) is 5.69 Å². The average molecular weight is 247 g/mol. The molecule has 0 amide bonds. The minimum Gasteiger partial charge on any atom is -0.463 e. The van der Waals surface area contributed by atoms with Crippen LogP contribution in [0, 0.1) is 0 Å². The van der Waals surface area contributed by atoms with Gasteiger partial charge >= 0.3 is 5.97 Å². The Morgan fingerprint density at radius 3 is 2.61 bits per heavy atom. The fraction of sp³-hybridized carbons (Fsp3) is 0.400. The zero-order chi connectivity index (χ0) is 13.2. The minimum absolute atomic E-state index is 0.285. The number of ether oxygens (including phenoxy) is 1. The van der Waals surface area contributed by atoms with Crippen LogP contribution in [-0.4, -0.2) is 12.6 Å². The smallest absolute Gasteiger partial charge is 0.332 e. The number of carbonyl (C=O) groups is 1. The normalized spacial score (nSPS) is 11.1. The lowest BCUT2D eigenvalue weighted by atomic mass is 10.2. The van der Waals surface area contributed by atoms with Crippen molar-refractivity contribution in [3.05, 3.63) is 42.1 Å². The van der Waals surface area contributed by atoms with Crippen LogP contribution in [0.15, 0.2) is 42.1 Å². The Morgan fingerprint density at radius 1 is 1.28 bits per heavy atom. The van der Waals surface area contributed by atoms with E-state index in [4.69, 9.17) is 4.74 Å². The maximum atomic E-state index is 11.5. The summed E-state index contributed by atoms with van der Waals surface area (Å²) in [5.41, 5.74) is 1.89. The van der Waals surface area contributed by atoms with Gasteiger partial charge in [0.15, 0.2) is 0 Å². The fourth-order valence-corrected chi connectivity index (χ4v) is 1.57. The molecule has 1 aromatic carbocycles. The minimum atomic E-state index is -0.285. The molecule has 0 bridgehead atoms. The number of esters is 1. The number of nitrogens with one attached hydrogen (secondary N) is 1. The predicted molar refractivity (Wildman–Crippen MR) is 74.3 cm³/mol. The number of hydrogen-bond acceptors (Lipinski definition) is 3. The van der Waals surface area contributed by atoms with Gasteiger partial charge in [-0.15, -0.1) is 0 Å². The molecule has 98 valence electrons. The number of anilines is 1. The molecule has 1 rings (SSSR count). The van der Waals surface area contributed by atoms with Crippen LogP contribution in [0.1, 0.15) is 33.1 Å². The lowest BCUT2D eigenvalue weighted by molar-refractivity contribution is -0.137. The summed E-state index contributed by atoms with van der Waals surface area (Å²) >= 11 is 0. The van der Waals surface area contributed by atoms with Crippen molar-refractivity contribution in [1.29, 1.82) is 0 Å². The van der Waals surface area contributed by atoms with Crippen molar-refractivity contribution in [2.45, 2.75) is 33.1 Å². The fourth-order valence-electron chi connectivity index (χ4n) is 1.57. The van der Waals surface area contributed by atoms with E-state index in [1.807, 2.05) is 37.3 Å². The molecule has 0 aliphatic rings. The van der Waals surface area contributed by atoms with E-state index in [1.165, 1.54) is 0 Å². The number of benzene rings is 1. The number of hydrogen-bond donors (Lipinski definition) is 1. The molecule has 0 heterocycles. The Balaban J connectivity index is 2.69. The van der Waals surface area contributed by atoms with Crippen LogP contribution in [0.3, 0.4) is 0 Å². The van der Waals surface area contributed by atoms with Crippen LogP contribution >= 0.6 is 0 Å². The second-order valence-electron chi connectivity index (χ2n) is 4.02. The standard InChI is InChI=1S/C15H21NO2/c1-3-5-9-14(12-15(17)18-4-2)16-13-10-7-6-8-11-13/h6-8,10-12,16H,3-5,9H2,1-2H3/b14-12+. The summed E-state index contributed by atoms with van der Waals surface area (Å²) in [5, 5.41) is 3.26. The van der Waals surface area contributed by atoms with Gasteiger partial charge in [0.1, 0.15) is 0 Å². The molecular formula is C15H21NO2. The van der Waals surface area contributed by atoms with E-state index in [9.17, 15) is 4.79 Å². The first kappa shape index (κ1) is 14.3. The monoisotopic (exact) mass is 247 g/mol. The van der Waals surface area contributed by atoms with E-state index < -0.39 is 0 Å². The van der Waals surface area contributed by atoms with Crippen LogP contribution in [0.5, 0.6) is 0 Å². The predicted octanol–water partition coefficient (Wildman–Crippen LogP) is 3.74. The molecule has 0 radical (unpaired) electrons. The summed E-state index contributed by atoms with van der Waals surface area (Å²) in [6.45, 7) is 4.34. The lowest BCUT2D eigenvalue weighted by Crippen LogP contribution is -2.06. The SMILES string of the molecule is CCCC/C(=C\C(=O)OCC)Nc1ccccc1. The summed E-state index contributed by atoms with van der Waals surface area (Å²) in [6, 6.07) is 9.84. The van der Waals surface area contributed by atoms with Gasteiger partial charge in [-0.1, -0.05) is 31.5 Å². The van der Waals surface area contributed by atoms with Crippen molar-refractivity contribution in [3.8, 4) is 0 Å². The summed E-state index contributed by atoms with van der Waals surface area (Å²) in [7, 11) is 0. The van der Waals surface area contributed by atoms with E-state index in [0.29, 0.717) is 6.61 Å². The van der Waals surface area contributed by atoms with Gasteiger partial charge < -0.3 is 10.1 Å². The van der Waals surface area contributed by atoms with Crippen molar-refractivity contribution in [1.82, 2.24) is 0 Å².